The van der Waals surface area contributed by atoms with Gasteiger partial charge in [-0.05, 0) is 43.1 Å². The molecule has 1 N–H and O–H groups in total. The lowest BCUT2D eigenvalue weighted by atomic mass is 9.96. The minimum absolute atomic E-state index is 0.0438. The lowest BCUT2D eigenvalue weighted by molar-refractivity contribution is -0.137. The fraction of sp³-hybridized carbons (Fsp3) is 0.500. The SMILES string of the molecule is FC(F)(F)c1cc(Br)cc(C2CCCCN2)c1. The summed E-state index contributed by atoms with van der Waals surface area (Å²) in [5, 5.41) is 3.25. The Balaban J connectivity index is 2.31. The van der Waals surface area contributed by atoms with E-state index in [0.717, 1.165) is 31.9 Å². The van der Waals surface area contributed by atoms with E-state index in [2.05, 4.69) is 21.2 Å². The normalized spacial score (nSPS) is 21.5. The first-order chi connectivity index (χ1) is 7.97. The fourth-order valence-electron chi connectivity index (χ4n) is 2.11. The van der Waals surface area contributed by atoms with Crippen LogP contribution >= 0.6 is 15.9 Å². The molecule has 0 aliphatic carbocycles. The lowest BCUT2D eigenvalue weighted by Gasteiger charge is -2.24. The molecule has 0 radical (unpaired) electrons. The van der Waals surface area contributed by atoms with Crippen LogP contribution in [0.2, 0.25) is 0 Å². The topological polar surface area (TPSA) is 12.0 Å². The van der Waals surface area contributed by atoms with Crippen molar-refractivity contribution in [3.63, 3.8) is 0 Å². The first kappa shape index (κ1) is 12.9. The van der Waals surface area contributed by atoms with Crippen LogP contribution in [0.1, 0.15) is 36.4 Å². The Kier molecular flexibility index (Phi) is 3.78. The summed E-state index contributed by atoms with van der Waals surface area (Å²) in [4.78, 5) is 0. The van der Waals surface area contributed by atoms with Crippen LogP contribution < -0.4 is 5.32 Å². The van der Waals surface area contributed by atoms with Crippen molar-refractivity contribution in [3.8, 4) is 0 Å². The largest absolute Gasteiger partial charge is 0.416 e. The number of hydrogen-bond acceptors (Lipinski definition) is 1. The van der Waals surface area contributed by atoms with Crippen LogP contribution in [0.3, 0.4) is 0 Å². The van der Waals surface area contributed by atoms with Gasteiger partial charge in [-0.15, -0.1) is 0 Å². The molecule has 17 heavy (non-hydrogen) atoms. The lowest BCUT2D eigenvalue weighted by Crippen LogP contribution is -2.27. The van der Waals surface area contributed by atoms with E-state index in [1.54, 1.807) is 6.07 Å². The van der Waals surface area contributed by atoms with Crippen LogP contribution in [-0.2, 0) is 6.18 Å². The summed E-state index contributed by atoms with van der Waals surface area (Å²) in [6.07, 6.45) is -1.23. The summed E-state index contributed by atoms with van der Waals surface area (Å²) < 4.78 is 38.5. The molecule has 0 aromatic heterocycles. The van der Waals surface area contributed by atoms with E-state index in [4.69, 9.17) is 0 Å². The number of nitrogens with one attached hydrogen (secondary N) is 1. The highest BCUT2D eigenvalue weighted by molar-refractivity contribution is 9.10. The van der Waals surface area contributed by atoms with Crippen LogP contribution in [0.5, 0.6) is 0 Å². The van der Waals surface area contributed by atoms with Crippen molar-refractivity contribution in [2.75, 3.05) is 6.54 Å². The molecule has 1 aromatic carbocycles. The third-order valence-electron chi connectivity index (χ3n) is 2.96. The molecule has 1 aliphatic rings. The molecule has 0 amide bonds. The summed E-state index contributed by atoms with van der Waals surface area (Å²) in [5.41, 5.74) is 0.126. The molecule has 1 fully saturated rings. The molecule has 0 spiro atoms. The zero-order valence-corrected chi connectivity index (χ0v) is 10.7. The molecule has 1 nitrogen and oxygen atoms in total. The van der Waals surface area contributed by atoms with Gasteiger partial charge in [0.15, 0.2) is 0 Å². The number of rotatable bonds is 1. The Morgan fingerprint density at radius 1 is 1.18 bits per heavy atom. The Morgan fingerprint density at radius 3 is 2.53 bits per heavy atom. The summed E-state index contributed by atoms with van der Waals surface area (Å²) in [6, 6.07) is 4.17. The second-order valence-corrected chi connectivity index (χ2v) is 5.19. The zero-order chi connectivity index (χ0) is 12.5. The summed E-state index contributed by atoms with van der Waals surface area (Å²) in [6.45, 7) is 0.874. The van der Waals surface area contributed by atoms with Crippen LogP contribution in [0.25, 0.3) is 0 Å². The van der Waals surface area contributed by atoms with E-state index in [1.807, 2.05) is 0 Å². The van der Waals surface area contributed by atoms with Gasteiger partial charge in [0.05, 0.1) is 5.56 Å². The van der Waals surface area contributed by atoms with Gasteiger partial charge in [0, 0.05) is 10.5 Å². The van der Waals surface area contributed by atoms with E-state index in [0.29, 0.717) is 10.0 Å². The van der Waals surface area contributed by atoms with Gasteiger partial charge >= 0.3 is 6.18 Å². The molecule has 1 heterocycles. The number of hydrogen-bond donors (Lipinski definition) is 1. The van der Waals surface area contributed by atoms with E-state index >= 15 is 0 Å². The minimum atomic E-state index is -4.28. The third kappa shape index (κ3) is 3.22. The summed E-state index contributed by atoms with van der Waals surface area (Å²) in [7, 11) is 0. The van der Waals surface area contributed by atoms with Gasteiger partial charge in [-0.3, -0.25) is 0 Å². The average Bonchev–Trinajstić information content (AvgIpc) is 2.28. The molecule has 5 heteroatoms. The van der Waals surface area contributed by atoms with Gasteiger partial charge in [0.1, 0.15) is 0 Å². The summed E-state index contributed by atoms with van der Waals surface area (Å²) in [5.74, 6) is 0. The maximum absolute atomic E-state index is 12.7. The monoisotopic (exact) mass is 307 g/mol. The first-order valence-corrected chi connectivity index (χ1v) is 6.37. The molecular formula is C12H13BrF3N. The Hall–Kier alpha value is -0.550. The van der Waals surface area contributed by atoms with Crippen molar-refractivity contribution in [3.05, 3.63) is 33.8 Å². The zero-order valence-electron chi connectivity index (χ0n) is 9.15. The highest BCUT2D eigenvalue weighted by Gasteiger charge is 2.31. The molecule has 1 saturated heterocycles. The standard InChI is InChI=1S/C12H13BrF3N/c13-10-6-8(11-3-1-2-4-17-11)5-9(7-10)12(14,15)16/h5-7,11,17H,1-4H2. The second kappa shape index (κ2) is 4.98. The van der Waals surface area contributed by atoms with Gasteiger partial charge in [0.2, 0.25) is 0 Å². The molecule has 94 valence electrons. The van der Waals surface area contributed by atoms with Gasteiger partial charge in [-0.2, -0.15) is 13.2 Å². The van der Waals surface area contributed by atoms with Gasteiger partial charge in [-0.1, -0.05) is 22.4 Å². The van der Waals surface area contributed by atoms with Crippen molar-refractivity contribution >= 4 is 15.9 Å². The Labute approximate surface area is 107 Å². The van der Waals surface area contributed by atoms with Crippen molar-refractivity contribution in [1.82, 2.24) is 5.32 Å². The van der Waals surface area contributed by atoms with Crippen LogP contribution in [0.15, 0.2) is 22.7 Å². The number of benzene rings is 1. The van der Waals surface area contributed by atoms with Crippen LogP contribution in [0, 0.1) is 0 Å². The molecule has 0 bridgehead atoms. The Bertz CT molecular complexity index is 397. The minimum Gasteiger partial charge on any atom is -0.310 e. The van der Waals surface area contributed by atoms with Crippen molar-refractivity contribution in [2.24, 2.45) is 0 Å². The van der Waals surface area contributed by atoms with E-state index in [-0.39, 0.29) is 6.04 Å². The molecule has 1 unspecified atom stereocenters. The molecule has 2 rings (SSSR count). The molecular weight excluding hydrogens is 295 g/mol. The first-order valence-electron chi connectivity index (χ1n) is 5.58. The fourth-order valence-corrected chi connectivity index (χ4v) is 2.62. The van der Waals surface area contributed by atoms with E-state index in [1.165, 1.54) is 6.07 Å². The van der Waals surface area contributed by atoms with Crippen LogP contribution in [-0.4, -0.2) is 6.54 Å². The average molecular weight is 308 g/mol. The van der Waals surface area contributed by atoms with Gasteiger partial charge in [-0.25, -0.2) is 0 Å². The highest BCUT2D eigenvalue weighted by atomic mass is 79.9. The predicted molar refractivity (Wildman–Crippen MR) is 63.7 cm³/mol. The quantitative estimate of drug-likeness (QED) is 0.816. The highest BCUT2D eigenvalue weighted by Crippen LogP contribution is 2.34. The molecule has 1 aromatic rings. The van der Waals surface area contributed by atoms with Crippen molar-refractivity contribution in [2.45, 2.75) is 31.5 Å². The molecule has 1 atom stereocenters. The molecule has 1 aliphatic heterocycles. The van der Waals surface area contributed by atoms with Gasteiger partial charge < -0.3 is 5.32 Å². The number of piperidine rings is 1. The maximum atomic E-state index is 12.7. The second-order valence-electron chi connectivity index (χ2n) is 4.27. The predicted octanol–water partition coefficient (Wildman–Crippen LogP) is 4.28. The maximum Gasteiger partial charge on any atom is 0.416 e. The van der Waals surface area contributed by atoms with Crippen LogP contribution in [0.4, 0.5) is 13.2 Å². The van der Waals surface area contributed by atoms with Gasteiger partial charge in [0.25, 0.3) is 0 Å². The van der Waals surface area contributed by atoms with E-state index < -0.39 is 11.7 Å². The smallest absolute Gasteiger partial charge is 0.310 e. The third-order valence-corrected chi connectivity index (χ3v) is 3.42. The Morgan fingerprint density at radius 2 is 1.94 bits per heavy atom. The summed E-state index contributed by atoms with van der Waals surface area (Å²) >= 11 is 3.14. The number of halogens is 4. The molecule has 0 saturated carbocycles. The van der Waals surface area contributed by atoms with E-state index in [9.17, 15) is 13.2 Å². The van der Waals surface area contributed by atoms with Crippen molar-refractivity contribution < 1.29 is 13.2 Å². The van der Waals surface area contributed by atoms with Crippen molar-refractivity contribution in [1.29, 1.82) is 0 Å². The number of alkyl halides is 3.